The largest absolute Gasteiger partial charge is 0.494 e. The molecule has 1 unspecified atom stereocenters. The van der Waals surface area contributed by atoms with Crippen LogP contribution in [0.1, 0.15) is 29.3 Å². The van der Waals surface area contributed by atoms with Crippen molar-refractivity contribution in [2.75, 3.05) is 23.4 Å². The Labute approximate surface area is 187 Å². The number of rotatable bonds is 7. The van der Waals surface area contributed by atoms with Crippen molar-refractivity contribution in [3.63, 3.8) is 0 Å². The van der Waals surface area contributed by atoms with Crippen LogP contribution in [0.5, 0.6) is 11.5 Å². The minimum absolute atomic E-state index is 0.111. The zero-order valence-electron chi connectivity index (χ0n) is 18.2. The summed E-state index contributed by atoms with van der Waals surface area (Å²) in [5, 5.41) is 2.93. The molecular formula is C26H26N2O4. The van der Waals surface area contributed by atoms with Crippen molar-refractivity contribution in [3.8, 4) is 11.5 Å². The highest BCUT2D eigenvalue weighted by atomic mass is 16.5. The Kier molecular flexibility index (Phi) is 6.40. The van der Waals surface area contributed by atoms with Gasteiger partial charge in [-0.15, -0.1) is 0 Å². The second-order valence-corrected chi connectivity index (χ2v) is 7.72. The molecule has 1 heterocycles. The van der Waals surface area contributed by atoms with Gasteiger partial charge in [0.15, 0.2) is 6.10 Å². The van der Waals surface area contributed by atoms with Gasteiger partial charge in [0.05, 0.1) is 12.3 Å². The number of hydrogen-bond acceptors (Lipinski definition) is 4. The third-order valence-electron chi connectivity index (χ3n) is 5.35. The first-order valence-corrected chi connectivity index (χ1v) is 10.7. The zero-order valence-corrected chi connectivity index (χ0v) is 18.2. The summed E-state index contributed by atoms with van der Waals surface area (Å²) in [5.41, 5.74) is 2.76. The molecule has 0 aliphatic carbocycles. The molecule has 3 aromatic carbocycles. The fourth-order valence-corrected chi connectivity index (χ4v) is 3.67. The van der Waals surface area contributed by atoms with Crippen molar-refractivity contribution in [3.05, 3.63) is 83.9 Å². The molecule has 3 aromatic rings. The number of carbonyl (C=O) groups is 2. The predicted octanol–water partition coefficient (Wildman–Crippen LogP) is 4.83. The fraction of sp³-hybridized carbons (Fsp3) is 0.231. The first-order chi connectivity index (χ1) is 15.5. The third kappa shape index (κ3) is 4.75. The van der Waals surface area contributed by atoms with E-state index in [0.29, 0.717) is 42.3 Å². The van der Waals surface area contributed by atoms with Crippen LogP contribution in [-0.4, -0.2) is 31.1 Å². The Hall–Kier alpha value is -3.80. The summed E-state index contributed by atoms with van der Waals surface area (Å²) in [6.07, 6.45) is 0.0945. The number of nitrogens with one attached hydrogen (secondary N) is 1. The van der Waals surface area contributed by atoms with Gasteiger partial charge in [-0.05, 0) is 62.2 Å². The summed E-state index contributed by atoms with van der Waals surface area (Å²) in [5.74, 6) is 1.12. The maximum Gasteiger partial charge on any atom is 0.267 e. The quantitative estimate of drug-likeness (QED) is 0.545. The van der Waals surface area contributed by atoms with Gasteiger partial charge < -0.3 is 19.7 Å². The van der Waals surface area contributed by atoms with Gasteiger partial charge in [0.1, 0.15) is 11.5 Å². The molecule has 0 fully saturated rings. The van der Waals surface area contributed by atoms with Gasteiger partial charge in [-0.3, -0.25) is 9.59 Å². The lowest BCUT2D eigenvalue weighted by Crippen LogP contribution is -2.45. The van der Waals surface area contributed by atoms with E-state index in [9.17, 15) is 9.59 Å². The minimum atomic E-state index is -0.565. The van der Waals surface area contributed by atoms with Crippen LogP contribution < -0.4 is 19.7 Å². The normalized spacial score (nSPS) is 15.0. The van der Waals surface area contributed by atoms with Crippen molar-refractivity contribution < 1.29 is 19.1 Å². The maximum atomic E-state index is 12.8. The lowest BCUT2D eigenvalue weighted by molar-refractivity contribution is -0.125. The number of aryl methyl sites for hydroxylation is 1. The minimum Gasteiger partial charge on any atom is -0.494 e. The highest BCUT2D eigenvalue weighted by Crippen LogP contribution is 2.36. The number of anilines is 2. The Morgan fingerprint density at radius 2 is 1.81 bits per heavy atom. The van der Waals surface area contributed by atoms with Crippen LogP contribution in [0, 0.1) is 6.92 Å². The Balaban J connectivity index is 1.47. The SMILES string of the molecule is Cc1ccccc1C(=O)Nc1ccc2c(c1)N(CCCOc1ccccc1)C(=O)C(C)O2. The predicted molar refractivity (Wildman–Crippen MR) is 125 cm³/mol. The molecule has 4 rings (SSSR count). The fourth-order valence-electron chi connectivity index (χ4n) is 3.67. The van der Waals surface area contributed by atoms with Crippen molar-refractivity contribution in [2.24, 2.45) is 0 Å². The second kappa shape index (κ2) is 9.56. The van der Waals surface area contributed by atoms with E-state index < -0.39 is 6.10 Å². The van der Waals surface area contributed by atoms with E-state index in [2.05, 4.69) is 5.32 Å². The molecule has 1 N–H and O–H groups in total. The van der Waals surface area contributed by atoms with Crippen LogP contribution in [0.15, 0.2) is 72.8 Å². The number of benzene rings is 3. The van der Waals surface area contributed by atoms with Crippen molar-refractivity contribution in [2.45, 2.75) is 26.4 Å². The monoisotopic (exact) mass is 430 g/mol. The van der Waals surface area contributed by atoms with Crippen LogP contribution in [0.4, 0.5) is 11.4 Å². The summed E-state index contributed by atoms with van der Waals surface area (Å²) in [6, 6.07) is 22.4. The van der Waals surface area contributed by atoms with Gasteiger partial charge in [0, 0.05) is 17.8 Å². The zero-order chi connectivity index (χ0) is 22.5. The topological polar surface area (TPSA) is 67.9 Å². The van der Waals surface area contributed by atoms with E-state index in [1.54, 1.807) is 36.1 Å². The number of fused-ring (bicyclic) bond motifs is 1. The van der Waals surface area contributed by atoms with Gasteiger partial charge in [-0.2, -0.15) is 0 Å². The molecule has 6 nitrogen and oxygen atoms in total. The van der Waals surface area contributed by atoms with E-state index >= 15 is 0 Å². The summed E-state index contributed by atoms with van der Waals surface area (Å²) >= 11 is 0. The van der Waals surface area contributed by atoms with Crippen LogP contribution in [-0.2, 0) is 4.79 Å². The number of hydrogen-bond donors (Lipinski definition) is 1. The summed E-state index contributed by atoms with van der Waals surface area (Å²) in [4.78, 5) is 27.2. The van der Waals surface area contributed by atoms with E-state index in [0.717, 1.165) is 11.3 Å². The molecule has 0 spiro atoms. The van der Waals surface area contributed by atoms with Gasteiger partial charge in [-0.1, -0.05) is 36.4 Å². The molecule has 32 heavy (non-hydrogen) atoms. The Morgan fingerprint density at radius 3 is 2.59 bits per heavy atom. The molecule has 1 aliphatic heterocycles. The van der Waals surface area contributed by atoms with E-state index in [1.165, 1.54) is 0 Å². The van der Waals surface area contributed by atoms with Crippen molar-refractivity contribution in [1.29, 1.82) is 0 Å². The molecule has 0 radical (unpaired) electrons. The van der Waals surface area contributed by atoms with E-state index in [4.69, 9.17) is 9.47 Å². The first kappa shape index (κ1) is 21.4. The number of ether oxygens (including phenoxy) is 2. The standard InChI is InChI=1S/C26H26N2O4/c1-18-9-6-7-12-22(18)25(29)27-20-13-14-24-23(17-20)28(26(30)19(2)32-24)15-8-16-31-21-10-4-3-5-11-21/h3-7,9-14,17,19H,8,15-16H2,1-2H3,(H,27,29). The molecule has 1 atom stereocenters. The van der Waals surface area contributed by atoms with Gasteiger partial charge in [0.25, 0.3) is 11.8 Å². The Morgan fingerprint density at radius 1 is 1.06 bits per heavy atom. The maximum absolute atomic E-state index is 12.8. The number of para-hydroxylation sites is 1. The van der Waals surface area contributed by atoms with Crippen LogP contribution in [0.25, 0.3) is 0 Å². The molecule has 6 heteroatoms. The van der Waals surface area contributed by atoms with Crippen LogP contribution >= 0.6 is 0 Å². The van der Waals surface area contributed by atoms with Crippen LogP contribution in [0.2, 0.25) is 0 Å². The molecule has 0 saturated carbocycles. The molecular weight excluding hydrogens is 404 g/mol. The lowest BCUT2D eigenvalue weighted by Gasteiger charge is -2.33. The number of amides is 2. The Bertz CT molecular complexity index is 1110. The third-order valence-corrected chi connectivity index (χ3v) is 5.35. The average Bonchev–Trinajstić information content (AvgIpc) is 2.80. The van der Waals surface area contributed by atoms with Crippen LogP contribution in [0.3, 0.4) is 0 Å². The molecule has 164 valence electrons. The highest BCUT2D eigenvalue weighted by Gasteiger charge is 2.31. The van der Waals surface area contributed by atoms with Gasteiger partial charge >= 0.3 is 0 Å². The van der Waals surface area contributed by atoms with Crippen molar-refractivity contribution in [1.82, 2.24) is 0 Å². The molecule has 0 aromatic heterocycles. The molecule has 0 saturated heterocycles. The van der Waals surface area contributed by atoms with Gasteiger partial charge in [-0.25, -0.2) is 0 Å². The van der Waals surface area contributed by atoms with E-state index in [-0.39, 0.29) is 11.8 Å². The van der Waals surface area contributed by atoms with Gasteiger partial charge in [0.2, 0.25) is 0 Å². The number of carbonyl (C=O) groups excluding carboxylic acids is 2. The lowest BCUT2D eigenvalue weighted by atomic mass is 10.1. The molecule has 2 amide bonds. The smallest absolute Gasteiger partial charge is 0.267 e. The van der Waals surface area contributed by atoms with Crippen molar-refractivity contribution >= 4 is 23.2 Å². The summed E-state index contributed by atoms with van der Waals surface area (Å²) in [7, 11) is 0. The number of nitrogens with zero attached hydrogens (tertiary/aromatic N) is 1. The average molecular weight is 431 g/mol. The molecule has 1 aliphatic rings. The second-order valence-electron chi connectivity index (χ2n) is 7.72. The van der Waals surface area contributed by atoms with E-state index in [1.807, 2.05) is 55.5 Å². The summed E-state index contributed by atoms with van der Waals surface area (Å²) < 4.78 is 11.5. The first-order valence-electron chi connectivity index (χ1n) is 10.7. The summed E-state index contributed by atoms with van der Waals surface area (Å²) in [6.45, 7) is 4.62. The molecule has 0 bridgehead atoms. The highest BCUT2D eigenvalue weighted by molar-refractivity contribution is 6.06.